The van der Waals surface area contributed by atoms with Crippen LogP contribution in [0.2, 0.25) is 0 Å². The van der Waals surface area contributed by atoms with Gasteiger partial charge in [0.2, 0.25) is 5.91 Å². The van der Waals surface area contributed by atoms with Gasteiger partial charge in [0.1, 0.15) is 11.5 Å². The summed E-state index contributed by atoms with van der Waals surface area (Å²) in [4.78, 5) is 15.1. The van der Waals surface area contributed by atoms with Crippen molar-refractivity contribution in [1.29, 1.82) is 0 Å². The first kappa shape index (κ1) is 25.0. The summed E-state index contributed by atoms with van der Waals surface area (Å²) in [7, 11) is 3.29. The van der Waals surface area contributed by atoms with Gasteiger partial charge in [-0.15, -0.1) is 6.58 Å². The average Bonchev–Trinajstić information content (AvgIpc) is 2.88. The number of amides is 1. The van der Waals surface area contributed by atoms with E-state index in [0.717, 1.165) is 48.6 Å². The smallest absolute Gasteiger partial charge is 0.244 e. The maximum atomic E-state index is 12.8. The minimum Gasteiger partial charge on any atom is -0.497 e. The van der Waals surface area contributed by atoms with E-state index < -0.39 is 11.0 Å². The molecule has 1 amide bonds. The SMILES string of the molecule is C=CCN1CCC2(c3cccc(OC)c3)CC(NC(=O)/C=C/c3cccc(OC)c3)CCC2(O)C1. The van der Waals surface area contributed by atoms with Gasteiger partial charge in [0, 0.05) is 30.6 Å². The second kappa shape index (κ2) is 10.7. The molecule has 1 heterocycles. The lowest BCUT2D eigenvalue weighted by molar-refractivity contribution is -0.130. The van der Waals surface area contributed by atoms with Crippen LogP contribution in [-0.4, -0.2) is 61.4 Å². The van der Waals surface area contributed by atoms with Crippen LogP contribution < -0.4 is 14.8 Å². The molecule has 0 spiro atoms. The van der Waals surface area contributed by atoms with Crippen LogP contribution in [0.1, 0.15) is 36.8 Å². The molecule has 3 atom stereocenters. The van der Waals surface area contributed by atoms with E-state index in [-0.39, 0.29) is 11.9 Å². The van der Waals surface area contributed by atoms with Crippen LogP contribution >= 0.6 is 0 Å². The molecular weight excluding hydrogens is 440 g/mol. The second-order valence-electron chi connectivity index (χ2n) is 9.68. The molecule has 6 nitrogen and oxygen atoms in total. The minimum absolute atomic E-state index is 0.0325. The van der Waals surface area contributed by atoms with Gasteiger partial charge in [-0.3, -0.25) is 9.69 Å². The van der Waals surface area contributed by atoms with Crippen molar-refractivity contribution in [3.63, 3.8) is 0 Å². The van der Waals surface area contributed by atoms with E-state index in [9.17, 15) is 9.90 Å². The van der Waals surface area contributed by atoms with E-state index in [0.29, 0.717) is 19.4 Å². The number of piperidine rings is 1. The van der Waals surface area contributed by atoms with Crippen molar-refractivity contribution in [2.75, 3.05) is 33.9 Å². The van der Waals surface area contributed by atoms with Gasteiger partial charge in [0.25, 0.3) is 0 Å². The zero-order chi connectivity index (χ0) is 24.9. The third-order valence-electron chi connectivity index (χ3n) is 7.61. The van der Waals surface area contributed by atoms with Gasteiger partial charge in [-0.1, -0.05) is 30.3 Å². The number of hydrogen-bond acceptors (Lipinski definition) is 5. The number of ether oxygens (including phenoxy) is 2. The standard InChI is InChI=1S/C29H36N2O4/c1-4-16-31-17-15-28(23-8-6-10-26(19-23)35-3)20-24(13-14-29(28,33)21-31)30-27(32)12-11-22-7-5-9-25(18-22)34-2/h4-12,18-19,24,33H,1,13-17,20-21H2,2-3H3,(H,30,32)/b12-11+. The number of methoxy groups -OCH3 is 2. The fourth-order valence-electron chi connectivity index (χ4n) is 5.81. The number of β-amino-alcohol motifs (C(OH)–C–C–N with tert-alkyl or cyclic N) is 1. The molecule has 1 saturated carbocycles. The molecule has 3 unspecified atom stereocenters. The highest BCUT2D eigenvalue weighted by Crippen LogP contribution is 2.52. The number of likely N-dealkylation sites (tertiary alicyclic amines) is 1. The van der Waals surface area contributed by atoms with Crippen LogP contribution in [0.15, 0.2) is 67.3 Å². The summed E-state index contributed by atoms with van der Waals surface area (Å²) >= 11 is 0. The molecule has 4 rings (SSSR count). The van der Waals surface area contributed by atoms with E-state index in [4.69, 9.17) is 9.47 Å². The molecule has 2 aromatic carbocycles. The van der Waals surface area contributed by atoms with Crippen LogP contribution in [0.25, 0.3) is 6.08 Å². The fourth-order valence-corrected chi connectivity index (χ4v) is 5.81. The maximum Gasteiger partial charge on any atom is 0.244 e. The van der Waals surface area contributed by atoms with Gasteiger partial charge >= 0.3 is 0 Å². The van der Waals surface area contributed by atoms with Crippen molar-refractivity contribution in [2.45, 2.75) is 42.7 Å². The number of hydrogen-bond donors (Lipinski definition) is 2. The van der Waals surface area contributed by atoms with Gasteiger partial charge in [-0.05, 0) is 73.7 Å². The van der Waals surface area contributed by atoms with E-state index >= 15 is 0 Å². The summed E-state index contributed by atoms with van der Waals surface area (Å²) in [6.07, 6.45) is 8.07. The summed E-state index contributed by atoms with van der Waals surface area (Å²) in [5, 5.41) is 15.3. The lowest BCUT2D eigenvalue weighted by Gasteiger charge is -2.58. The highest BCUT2D eigenvalue weighted by Gasteiger charge is 2.57. The number of carbonyl (C=O) groups is 1. The Bertz CT molecular complexity index is 1080. The Labute approximate surface area is 208 Å². The quantitative estimate of drug-likeness (QED) is 0.446. The summed E-state index contributed by atoms with van der Waals surface area (Å²) in [5.41, 5.74) is 0.618. The highest BCUT2D eigenvalue weighted by atomic mass is 16.5. The van der Waals surface area contributed by atoms with Crippen molar-refractivity contribution in [1.82, 2.24) is 10.2 Å². The number of aliphatic hydroxyl groups is 1. The van der Waals surface area contributed by atoms with Gasteiger partial charge < -0.3 is 19.9 Å². The monoisotopic (exact) mass is 476 g/mol. The molecule has 0 bridgehead atoms. The lowest BCUT2D eigenvalue weighted by Crippen LogP contribution is -2.67. The highest BCUT2D eigenvalue weighted by molar-refractivity contribution is 5.92. The topological polar surface area (TPSA) is 71.0 Å². The summed E-state index contributed by atoms with van der Waals surface area (Å²) < 4.78 is 10.8. The Balaban J connectivity index is 1.55. The van der Waals surface area contributed by atoms with Crippen LogP contribution in [-0.2, 0) is 10.2 Å². The molecule has 2 aliphatic rings. The number of benzene rings is 2. The zero-order valence-corrected chi connectivity index (χ0v) is 20.7. The molecule has 1 aliphatic heterocycles. The molecule has 6 heteroatoms. The molecule has 1 aliphatic carbocycles. The van der Waals surface area contributed by atoms with Crippen molar-refractivity contribution in [3.8, 4) is 11.5 Å². The van der Waals surface area contributed by atoms with Crippen LogP contribution in [0.3, 0.4) is 0 Å². The molecular formula is C29H36N2O4. The Morgan fingerprint density at radius 2 is 1.91 bits per heavy atom. The van der Waals surface area contributed by atoms with Crippen molar-refractivity contribution in [2.24, 2.45) is 0 Å². The second-order valence-corrected chi connectivity index (χ2v) is 9.68. The van der Waals surface area contributed by atoms with Crippen molar-refractivity contribution >= 4 is 12.0 Å². The predicted molar refractivity (Wildman–Crippen MR) is 139 cm³/mol. The summed E-state index contributed by atoms with van der Waals surface area (Å²) in [6.45, 7) is 6.08. The third kappa shape index (κ3) is 5.29. The van der Waals surface area contributed by atoms with Crippen molar-refractivity contribution < 1.29 is 19.4 Å². The maximum absolute atomic E-state index is 12.8. The number of carbonyl (C=O) groups excluding carboxylic acids is 1. The first-order valence-electron chi connectivity index (χ1n) is 12.2. The molecule has 0 aromatic heterocycles. The van der Waals surface area contributed by atoms with Gasteiger partial charge in [0.15, 0.2) is 0 Å². The molecule has 186 valence electrons. The average molecular weight is 477 g/mol. The number of nitrogens with one attached hydrogen (secondary N) is 1. The molecule has 1 saturated heterocycles. The Hall–Kier alpha value is -3.09. The van der Waals surface area contributed by atoms with Crippen molar-refractivity contribution in [3.05, 3.63) is 78.4 Å². The van der Waals surface area contributed by atoms with Gasteiger partial charge in [-0.25, -0.2) is 0 Å². The van der Waals surface area contributed by atoms with Gasteiger partial charge in [-0.2, -0.15) is 0 Å². The lowest BCUT2D eigenvalue weighted by atomic mass is 9.55. The summed E-state index contributed by atoms with van der Waals surface area (Å²) in [6, 6.07) is 15.6. The summed E-state index contributed by atoms with van der Waals surface area (Å²) in [5.74, 6) is 1.40. The molecule has 0 radical (unpaired) electrons. The Morgan fingerprint density at radius 1 is 1.17 bits per heavy atom. The van der Waals surface area contributed by atoms with Gasteiger partial charge in [0.05, 0.1) is 19.8 Å². The fraction of sp³-hybridized carbons (Fsp3) is 0.414. The van der Waals surface area contributed by atoms with E-state index in [1.54, 1.807) is 26.4 Å². The molecule has 2 aromatic rings. The third-order valence-corrected chi connectivity index (χ3v) is 7.61. The van der Waals surface area contributed by atoms with E-state index in [1.807, 2.05) is 48.5 Å². The molecule has 2 fully saturated rings. The van der Waals surface area contributed by atoms with E-state index in [1.165, 1.54) is 0 Å². The van der Waals surface area contributed by atoms with Crippen LogP contribution in [0.4, 0.5) is 0 Å². The van der Waals surface area contributed by atoms with Crippen LogP contribution in [0.5, 0.6) is 11.5 Å². The van der Waals surface area contributed by atoms with Crippen LogP contribution in [0, 0.1) is 0 Å². The number of nitrogens with zero attached hydrogens (tertiary/aromatic N) is 1. The largest absolute Gasteiger partial charge is 0.497 e. The zero-order valence-electron chi connectivity index (χ0n) is 20.7. The first-order chi connectivity index (χ1) is 16.9. The Morgan fingerprint density at radius 3 is 2.66 bits per heavy atom. The minimum atomic E-state index is -0.891. The molecule has 35 heavy (non-hydrogen) atoms. The normalized spacial score (nSPS) is 26.7. The Kier molecular flexibility index (Phi) is 7.63. The first-order valence-corrected chi connectivity index (χ1v) is 12.2. The molecule has 2 N–H and O–H groups in total. The number of fused-ring (bicyclic) bond motifs is 1. The predicted octanol–water partition coefficient (Wildman–Crippen LogP) is 3.95. The number of rotatable bonds is 8. The van der Waals surface area contributed by atoms with E-state index in [2.05, 4.69) is 22.9 Å².